The molecule has 1 unspecified atom stereocenters. The molecule has 0 radical (unpaired) electrons. The number of hydrogen-bond acceptors (Lipinski definition) is 2. The van der Waals surface area contributed by atoms with Crippen LogP contribution in [0.1, 0.15) is 29.5 Å². The second kappa shape index (κ2) is 5.38. The molecule has 1 aliphatic rings. The molecule has 1 aliphatic carbocycles. The van der Waals surface area contributed by atoms with Crippen LogP contribution in [0.3, 0.4) is 0 Å². The van der Waals surface area contributed by atoms with E-state index in [1.54, 1.807) is 6.20 Å². The Morgan fingerprint density at radius 3 is 2.95 bits per heavy atom. The Hall–Kier alpha value is -1.66. The minimum Gasteiger partial charge on any atom is -0.263 e. The van der Waals surface area contributed by atoms with Gasteiger partial charge in [-0.25, -0.2) is 0 Å². The summed E-state index contributed by atoms with van der Waals surface area (Å²) in [6, 6.07) is 13.0. The first-order valence-corrected chi connectivity index (χ1v) is 7.62. The van der Waals surface area contributed by atoms with Crippen molar-refractivity contribution >= 4 is 15.9 Å². The first-order valence-electron chi connectivity index (χ1n) is 6.83. The molecule has 0 N–H and O–H groups in total. The van der Waals surface area contributed by atoms with E-state index >= 15 is 0 Å². The average Bonchev–Trinajstić information content (AvgIpc) is 2.47. The predicted octanol–water partition coefficient (Wildman–Crippen LogP) is 4.18. The third kappa shape index (κ3) is 2.36. The van der Waals surface area contributed by atoms with Crippen molar-refractivity contribution in [3.8, 4) is 6.07 Å². The van der Waals surface area contributed by atoms with Gasteiger partial charge >= 0.3 is 0 Å². The zero-order valence-electron chi connectivity index (χ0n) is 11.1. The summed E-state index contributed by atoms with van der Waals surface area (Å²) >= 11 is 3.45. The zero-order chi connectivity index (χ0) is 14.0. The second-order valence-corrected chi connectivity index (χ2v) is 6.31. The lowest BCUT2D eigenvalue weighted by molar-refractivity contribution is 0.450. The Balaban J connectivity index is 2.03. The van der Waals surface area contributed by atoms with Crippen molar-refractivity contribution in [2.75, 3.05) is 0 Å². The van der Waals surface area contributed by atoms with E-state index in [2.05, 4.69) is 51.2 Å². The lowest BCUT2D eigenvalue weighted by Crippen LogP contribution is -2.31. The van der Waals surface area contributed by atoms with Crippen LogP contribution in [-0.2, 0) is 18.3 Å². The monoisotopic (exact) mass is 326 g/mol. The number of nitriles is 1. The van der Waals surface area contributed by atoms with E-state index in [-0.39, 0.29) is 0 Å². The molecule has 0 aliphatic heterocycles. The number of halogens is 1. The van der Waals surface area contributed by atoms with Gasteiger partial charge in [0.15, 0.2) is 0 Å². The van der Waals surface area contributed by atoms with Gasteiger partial charge < -0.3 is 0 Å². The van der Waals surface area contributed by atoms with Gasteiger partial charge in [0, 0.05) is 16.9 Å². The molecule has 100 valence electrons. The number of hydrogen-bond donors (Lipinski definition) is 0. The van der Waals surface area contributed by atoms with Gasteiger partial charge in [-0.15, -0.1) is 0 Å². The quantitative estimate of drug-likeness (QED) is 0.829. The predicted molar refractivity (Wildman–Crippen MR) is 82.3 cm³/mol. The fourth-order valence-electron chi connectivity index (χ4n) is 3.16. The Morgan fingerprint density at radius 1 is 1.30 bits per heavy atom. The van der Waals surface area contributed by atoms with Crippen molar-refractivity contribution in [1.82, 2.24) is 4.98 Å². The summed E-state index contributed by atoms with van der Waals surface area (Å²) < 4.78 is 0.965. The highest BCUT2D eigenvalue weighted by molar-refractivity contribution is 9.10. The molecule has 0 saturated carbocycles. The van der Waals surface area contributed by atoms with Crippen LogP contribution in [0.5, 0.6) is 0 Å². The molecular weight excluding hydrogens is 312 g/mol. The molecule has 20 heavy (non-hydrogen) atoms. The molecule has 0 spiro atoms. The first kappa shape index (κ1) is 13.3. The maximum absolute atomic E-state index is 9.84. The maximum Gasteiger partial charge on any atom is 0.0865 e. The van der Waals surface area contributed by atoms with E-state index in [4.69, 9.17) is 0 Å². The number of pyridine rings is 1. The molecular formula is C17H15BrN2. The van der Waals surface area contributed by atoms with Gasteiger partial charge in [-0.1, -0.05) is 24.3 Å². The van der Waals surface area contributed by atoms with Gasteiger partial charge in [-0.05, 0) is 64.4 Å². The van der Waals surface area contributed by atoms with E-state index in [0.29, 0.717) is 0 Å². The fourth-order valence-corrected chi connectivity index (χ4v) is 3.57. The molecule has 3 heteroatoms. The number of aromatic nitrogens is 1. The maximum atomic E-state index is 9.84. The van der Waals surface area contributed by atoms with Crippen LogP contribution in [-0.4, -0.2) is 4.98 Å². The fraction of sp³-hybridized carbons (Fsp3) is 0.294. The number of rotatable bonds is 2. The van der Waals surface area contributed by atoms with Gasteiger partial charge in [-0.3, -0.25) is 4.98 Å². The van der Waals surface area contributed by atoms with Gasteiger partial charge in [0.2, 0.25) is 0 Å². The highest BCUT2D eigenvalue weighted by Gasteiger charge is 2.36. The Kier molecular flexibility index (Phi) is 3.58. The number of nitrogens with zero attached hydrogens (tertiary/aromatic N) is 2. The first-order chi connectivity index (χ1) is 9.73. The standard InChI is InChI=1S/C17H15BrN2/c18-15-8-13(10-20-11-15)9-17(12-19)7-3-5-14-4-1-2-6-16(14)17/h1-2,4,6,8,10-11H,3,5,7,9H2. The lowest BCUT2D eigenvalue weighted by atomic mass is 9.68. The number of benzene rings is 1. The summed E-state index contributed by atoms with van der Waals surface area (Å²) in [5.41, 5.74) is 3.23. The summed E-state index contributed by atoms with van der Waals surface area (Å²) in [4.78, 5) is 4.21. The Bertz CT molecular complexity index is 675. The lowest BCUT2D eigenvalue weighted by Gasteiger charge is -2.33. The molecule has 1 atom stereocenters. The third-order valence-corrected chi connectivity index (χ3v) is 4.50. The molecule has 1 aromatic carbocycles. The van der Waals surface area contributed by atoms with E-state index in [9.17, 15) is 5.26 Å². The highest BCUT2D eigenvalue weighted by atomic mass is 79.9. The van der Waals surface area contributed by atoms with Gasteiger partial charge in [0.1, 0.15) is 0 Å². The number of aryl methyl sites for hydroxylation is 1. The van der Waals surface area contributed by atoms with E-state index in [1.165, 1.54) is 11.1 Å². The van der Waals surface area contributed by atoms with Crippen molar-refractivity contribution in [3.05, 3.63) is 63.9 Å². The Labute approximate surface area is 127 Å². The second-order valence-electron chi connectivity index (χ2n) is 5.39. The molecule has 0 bridgehead atoms. The molecule has 0 amide bonds. The summed E-state index contributed by atoms with van der Waals surface area (Å²) in [7, 11) is 0. The minimum absolute atomic E-state index is 0.405. The van der Waals surface area contributed by atoms with Crippen LogP contribution in [0.15, 0.2) is 47.2 Å². The van der Waals surface area contributed by atoms with Crippen molar-refractivity contribution in [1.29, 1.82) is 5.26 Å². The summed E-state index contributed by atoms with van der Waals surface area (Å²) in [6.07, 6.45) is 7.45. The molecule has 1 heterocycles. The van der Waals surface area contributed by atoms with E-state index < -0.39 is 5.41 Å². The van der Waals surface area contributed by atoms with Gasteiger partial charge in [0.25, 0.3) is 0 Å². The smallest absolute Gasteiger partial charge is 0.0865 e. The SMILES string of the molecule is N#CC1(Cc2cncc(Br)c2)CCCc2ccccc21. The van der Waals surface area contributed by atoms with Crippen LogP contribution < -0.4 is 0 Å². The molecule has 2 nitrogen and oxygen atoms in total. The zero-order valence-corrected chi connectivity index (χ0v) is 12.7. The summed E-state index contributed by atoms with van der Waals surface area (Å²) in [5.74, 6) is 0. The normalized spacial score (nSPS) is 21.0. The van der Waals surface area contributed by atoms with Crippen molar-refractivity contribution in [2.45, 2.75) is 31.1 Å². The van der Waals surface area contributed by atoms with Crippen molar-refractivity contribution < 1.29 is 0 Å². The molecule has 2 aromatic rings. The van der Waals surface area contributed by atoms with E-state index in [1.807, 2.05) is 12.3 Å². The molecule has 1 aromatic heterocycles. The Morgan fingerprint density at radius 2 is 2.15 bits per heavy atom. The van der Waals surface area contributed by atoms with Crippen LogP contribution in [0.2, 0.25) is 0 Å². The summed E-state index contributed by atoms with van der Waals surface area (Å²) in [6.45, 7) is 0. The minimum atomic E-state index is -0.405. The third-order valence-electron chi connectivity index (χ3n) is 4.06. The molecule has 0 fully saturated rings. The van der Waals surface area contributed by atoms with Crippen molar-refractivity contribution in [3.63, 3.8) is 0 Å². The van der Waals surface area contributed by atoms with Crippen molar-refractivity contribution in [2.24, 2.45) is 0 Å². The van der Waals surface area contributed by atoms with Crippen LogP contribution in [0.25, 0.3) is 0 Å². The highest BCUT2D eigenvalue weighted by Crippen LogP contribution is 2.39. The van der Waals surface area contributed by atoms with Gasteiger partial charge in [0.05, 0.1) is 11.5 Å². The molecule has 3 rings (SSSR count). The van der Waals surface area contributed by atoms with Crippen LogP contribution in [0.4, 0.5) is 0 Å². The van der Waals surface area contributed by atoms with E-state index in [0.717, 1.165) is 35.7 Å². The van der Waals surface area contributed by atoms with Crippen LogP contribution >= 0.6 is 15.9 Å². The number of fused-ring (bicyclic) bond motifs is 1. The average molecular weight is 327 g/mol. The largest absolute Gasteiger partial charge is 0.263 e. The van der Waals surface area contributed by atoms with Crippen LogP contribution in [0, 0.1) is 11.3 Å². The summed E-state index contributed by atoms with van der Waals surface area (Å²) in [5, 5.41) is 9.84. The topological polar surface area (TPSA) is 36.7 Å². The van der Waals surface area contributed by atoms with Gasteiger partial charge in [-0.2, -0.15) is 5.26 Å². The molecule has 0 saturated heterocycles.